The number of carbonyl (C=O) groups is 2. The number of benzene rings is 2. The lowest BCUT2D eigenvalue weighted by Crippen LogP contribution is -2.48. The molecule has 18 heteroatoms. The highest BCUT2D eigenvalue weighted by Gasteiger charge is 2.44. The molecule has 7 heterocycles. The van der Waals surface area contributed by atoms with Crippen LogP contribution >= 0.6 is 0 Å². The molecule has 394 valence electrons. The zero-order chi connectivity index (χ0) is 52.3. The van der Waals surface area contributed by atoms with E-state index in [1.54, 1.807) is 30.6 Å². The minimum absolute atomic E-state index is 0.0804. The van der Waals surface area contributed by atoms with E-state index in [1.807, 2.05) is 98.7 Å². The van der Waals surface area contributed by atoms with Crippen LogP contribution in [0.1, 0.15) is 108 Å². The van der Waals surface area contributed by atoms with Crippen molar-refractivity contribution >= 4 is 23.5 Å². The van der Waals surface area contributed by atoms with Crippen molar-refractivity contribution in [3.8, 4) is 45.7 Å². The fourth-order valence-corrected chi connectivity index (χ4v) is 11.2. The summed E-state index contributed by atoms with van der Waals surface area (Å²) in [5.74, 6) is 8.95. The summed E-state index contributed by atoms with van der Waals surface area (Å²) in [7, 11) is 0. The smallest absolute Gasteiger partial charge is 0.243 e. The summed E-state index contributed by atoms with van der Waals surface area (Å²) in [6.07, 6.45) is 13.3. The number of hydrogen-bond acceptors (Lipinski definition) is 14. The number of aromatic hydroxyl groups is 1. The maximum Gasteiger partial charge on any atom is 0.243 e. The van der Waals surface area contributed by atoms with Gasteiger partial charge in [-0.15, -0.1) is 10.2 Å². The summed E-state index contributed by atoms with van der Waals surface area (Å²) in [5.41, 5.74) is 10.7. The normalized spacial score (nSPS) is 21.9. The largest absolute Gasteiger partial charge is 0.507 e. The number of β-amino-alcohol motifs (C(OH)–C–C–N with tert-alkyl or cyclic N) is 1. The van der Waals surface area contributed by atoms with E-state index in [9.17, 15) is 19.8 Å². The van der Waals surface area contributed by atoms with Crippen molar-refractivity contribution < 1.29 is 29.1 Å². The second kappa shape index (κ2) is 22.4. The fraction of sp³-hybridized carbons (Fsp3) is 0.491. The van der Waals surface area contributed by atoms with Crippen molar-refractivity contribution in [1.82, 2.24) is 49.8 Å². The molecule has 0 bridgehead atoms. The van der Waals surface area contributed by atoms with Gasteiger partial charge in [0, 0.05) is 98.6 Å². The van der Waals surface area contributed by atoms with Crippen molar-refractivity contribution in [3.63, 3.8) is 0 Å². The first kappa shape index (κ1) is 51.4. The van der Waals surface area contributed by atoms with Crippen LogP contribution in [-0.4, -0.2) is 130 Å². The van der Waals surface area contributed by atoms with Gasteiger partial charge in [-0.1, -0.05) is 55.1 Å². The summed E-state index contributed by atoms with van der Waals surface area (Å²) >= 11 is 0. The maximum atomic E-state index is 14.4. The standard InChI is InChI=1S/C57H70N12O6/c1-35(2)54(57(73)68-34-44(70)28-50(68)56(72)61-37(4)41-12-14-43(15-13-41)67-25-20-59-38(67)5)52-30-53(64-75-52)66-23-16-39(17-24-66)32-65-21-18-45(19-22-65)74-46-26-40(27-46)11-10-36(3)69-33-42(31-60-69)48-29-49(62-63-55(48)58)47-8-6-7-9-51(47)71/h6-9,12-15,20,25,29-31,33,35-37,39-40,44-46,50,54,70-71H,16-19,21-24,26-28,32,34H2,1-5H3,(H2,58,63)(H,61,72)/t36-,37+,40?,44-,46?,50+,54?/m1/s1. The Kier molecular flexibility index (Phi) is 15.4. The zero-order valence-corrected chi connectivity index (χ0v) is 43.6. The average molecular weight is 1020 g/mol. The Labute approximate surface area is 438 Å². The Bertz CT molecular complexity index is 2990. The molecule has 10 rings (SSSR count). The Morgan fingerprint density at radius 3 is 2.41 bits per heavy atom. The zero-order valence-electron chi connectivity index (χ0n) is 43.6. The lowest BCUT2D eigenvalue weighted by molar-refractivity contribution is -0.141. The number of aliphatic hydroxyl groups excluding tert-OH is 1. The molecule has 0 radical (unpaired) electrons. The van der Waals surface area contributed by atoms with Gasteiger partial charge in [0.05, 0.1) is 36.2 Å². The van der Waals surface area contributed by atoms with Gasteiger partial charge in [-0.25, -0.2) is 4.98 Å². The number of imidazole rings is 1. The second-order valence-electron chi connectivity index (χ2n) is 21.4. The number of para-hydroxylation sites is 1. The quantitative estimate of drug-likeness (QED) is 0.0755. The van der Waals surface area contributed by atoms with Crippen LogP contribution in [0.3, 0.4) is 0 Å². The van der Waals surface area contributed by atoms with Gasteiger partial charge in [0.1, 0.15) is 29.6 Å². The van der Waals surface area contributed by atoms with Crippen molar-refractivity contribution in [2.45, 2.75) is 122 Å². The number of aryl methyl sites for hydroxylation is 1. The first-order chi connectivity index (χ1) is 36.2. The average Bonchev–Trinajstić information content (AvgIpc) is 4.24. The Morgan fingerprint density at radius 2 is 1.69 bits per heavy atom. The van der Waals surface area contributed by atoms with Crippen LogP contribution in [-0.2, 0) is 14.3 Å². The third-order valence-corrected chi connectivity index (χ3v) is 15.8. The number of carbonyl (C=O) groups excluding carboxylic acids is 2. The van der Waals surface area contributed by atoms with E-state index in [4.69, 9.17) is 15.0 Å². The molecule has 0 spiro atoms. The number of nitrogens with one attached hydrogen (secondary N) is 1. The molecule has 1 saturated carbocycles. The Hall–Kier alpha value is -7.07. The van der Waals surface area contributed by atoms with Crippen molar-refractivity contribution in [2.75, 3.05) is 49.9 Å². The number of ether oxygens (including phenoxy) is 1. The number of rotatable bonds is 15. The molecule has 3 saturated heterocycles. The number of piperidine rings is 2. The molecular formula is C57H70N12O6. The van der Waals surface area contributed by atoms with Crippen LogP contribution in [0.5, 0.6) is 5.75 Å². The van der Waals surface area contributed by atoms with E-state index in [2.05, 4.69) is 52.4 Å². The number of hydrogen-bond donors (Lipinski definition) is 4. The van der Waals surface area contributed by atoms with Crippen LogP contribution < -0.4 is 16.0 Å². The van der Waals surface area contributed by atoms with Gasteiger partial charge in [0.25, 0.3) is 0 Å². The third-order valence-electron chi connectivity index (χ3n) is 15.8. The number of anilines is 2. The van der Waals surface area contributed by atoms with Crippen LogP contribution in [0, 0.1) is 36.5 Å². The van der Waals surface area contributed by atoms with Crippen LogP contribution in [0.2, 0.25) is 0 Å². The van der Waals surface area contributed by atoms with E-state index < -0.39 is 18.1 Å². The summed E-state index contributed by atoms with van der Waals surface area (Å²) in [5, 5.41) is 41.6. The topological polar surface area (TPSA) is 219 Å². The van der Waals surface area contributed by atoms with Gasteiger partial charge in [-0.3, -0.25) is 14.3 Å². The van der Waals surface area contributed by atoms with Gasteiger partial charge < -0.3 is 49.8 Å². The SMILES string of the molecule is Cc1nccn1-c1ccc([C@H](C)NC(=O)[C@@H]2C[C@@H](O)CN2C(=O)C(c2cc(N3CCC(CN4CCC(OC5CC(C#C[C@@H](C)n6cc(-c7cc(-c8ccccc8O)nnc7N)cn6)C5)CC4)CC3)no2)C(C)C)cc1. The first-order valence-electron chi connectivity index (χ1n) is 26.7. The Balaban J connectivity index is 0.643. The van der Waals surface area contributed by atoms with E-state index in [1.165, 1.54) is 4.90 Å². The summed E-state index contributed by atoms with van der Waals surface area (Å²) in [4.78, 5) is 38.8. The molecule has 6 aromatic rings. The van der Waals surface area contributed by atoms with Crippen LogP contribution in [0.15, 0.2) is 90.0 Å². The molecule has 1 unspecified atom stereocenters. The molecule has 3 aliphatic heterocycles. The summed E-state index contributed by atoms with van der Waals surface area (Å²) in [6.45, 7) is 14.8. The second-order valence-corrected chi connectivity index (χ2v) is 21.4. The Morgan fingerprint density at radius 1 is 0.933 bits per heavy atom. The predicted octanol–water partition coefficient (Wildman–Crippen LogP) is 7.10. The van der Waals surface area contributed by atoms with Gasteiger partial charge in [-0.2, -0.15) is 5.10 Å². The monoisotopic (exact) mass is 1020 g/mol. The molecule has 4 aliphatic rings. The third kappa shape index (κ3) is 11.6. The number of amides is 2. The van der Waals surface area contributed by atoms with E-state index >= 15 is 0 Å². The van der Waals surface area contributed by atoms with Crippen LogP contribution in [0.4, 0.5) is 11.6 Å². The molecular weight excluding hydrogens is 949 g/mol. The highest BCUT2D eigenvalue weighted by atomic mass is 16.5. The van der Waals surface area contributed by atoms with E-state index in [-0.39, 0.29) is 66.6 Å². The van der Waals surface area contributed by atoms with E-state index in [0.717, 1.165) is 99.7 Å². The predicted molar refractivity (Wildman–Crippen MR) is 284 cm³/mol. The fourth-order valence-electron chi connectivity index (χ4n) is 11.2. The number of aliphatic hydroxyl groups is 1. The van der Waals surface area contributed by atoms with E-state index in [0.29, 0.717) is 34.4 Å². The number of nitrogen functional groups attached to an aromatic ring is 1. The van der Waals surface area contributed by atoms with Gasteiger partial charge in [0.15, 0.2) is 17.4 Å². The minimum Gasteiger partial charge on any atom is -0.507 e. The number of nitrogens with two attached hydrogens (primary N) is 1. The lowest BCUT2D eigenvalue weighted by atomic mass is 9.82. The molecule has 1 aliphatic carbocycles. The van der Waals surface area contributed by atoms with Crippen molar-refractivity contribution in [3.05, 3.63) is 103 Å². The van der Waals surface area contributed by atoms with Gasteiger partial charge in [-0.05, 0) is 107 Å². The lowest BCUT2D eigenvalue weighted by Gasteiger charge is -2.40. The maximum absolute atomic E-state index is 14.4. The molecule has 75 heavy (non-hydrogen) atoms. The van der Waals surface area contributed by atoms with Gasteiger partial charge >= 0.3 is 0 Å². The summed E-state index contributed by atoms with van der Waals surface area (Å²) in [6, 6.07) is 17.4. The number of phenolic OH excluding ortho intramolecular Hbond substituents is 1. The molecule has 5 atom stereocenters. The molecule has 2 amide bonds. The van der Waals surface area contributed by atoms with Crippen molar-refractivity contribution in [1.29, 1.82) is 0 Å². The first-order valence-corrected chi connectivity index (χ1v) is 26.7. The number of likely N-dealkylation sites (tertiary alicyclic amines) is 2. The van der Waals surface area contributed by atoms with Crippen molar-refractivity contribution in [2.24, 2.45) is 17.8 Å². The number of phenols is 1. The molecule has 5 N–H and O–H groups in total. The van der Waals surface area contributed by atoms with Crippen LogP contribution in [0.25, 0.3) is 28.1 Å². The van der Waals surface area contributed by atoms with Gasteiger partial charge in [0.2, 0.25) is 11.8 Å². The highest BCUT2D eigenvalue weighted by Crippen LogP contribution is 2.37. The number of aromatic nitrogens is 7. The molecule has 4 fully saturated rings. The molecule has 2 aromatic carbocycles. The highest BCUT2D eigenvalue weighted by molar-refractivity contribution is 5.91. The minimum atomic E-state index is -0.806. The number of nitrogens with zero attached hydrogens (tertiary/aromatic N) is 10. The molecule has 18 nitrogen and oxygen atoms in total. The molecule has 4 aromatic heterocycles. The summed E-state index contributed by atoms with van der Waals surface area (Å²) < 4.78 is 16.3.